The first-order valence-electron chi connectivity index (χ1n) is 8.95. The van der Waals surface area contributed by atoms with E-state index in [1.807, 2.05) is 6.07 Å². The lowest BCUT2D eigenvalue weighted by Gasteiger charge is -2.57. The zero-order chi connectivity index (χ0) is 16.9. The van der Waals surface area contributed by atoms with Crippen LogP contribution in [-0.4, -0.2) is 11.9 Å². The molecule has 0 spiro atoms. The SMILES string of the molecule is CC(=O)Oc1ccc(C23CC4CC(CC(C4)C2)C3)cc1OC(C)=O. The molecule has 0 heterocycles. The van der Waals surface area contributed by atoms with Crippen molar-refractivity contribution < 1.29 is 19.1 Å². The zero-order valence-corrected chi connectivity index (χ0v) is 14.3. The monoisotopic (exact) mass is 328 g/mol. The number of benzene rings is 1. The summed E-state index contributed by atoms with van der Waals surface area (Å²) >= 11 is 0. The molecule has 5 rings (SSSR count). The summed E-state index contributed by atoms with van der Waals surface area (Å²) < 4.78 is 10.5. The third kappa shape index (κ3) is 2.72. The number of ether oxygens (including phenoxy) is 2. The molecule has 4 aliphatic carbocycles. The van der Waals surface area contributed by atoms with Crippen LogP contribution in [0.25, 0.3) is 0 Å². The standard InChI is InChI=1S/C20H24O4/c1-12(21)23-18-4-3-17(8-19(18)24-13(2)22)20-9-14-5-15(10-20)7-16(6-14)11-20/h3-4,8,14-16H,5-7,9-11H2,1-2H3. The van der Waals surface area contributed by atoms with Crippen LogP contribution in [-0.2, 0) is 15.0 Å². The van der Waals surface area contributed by atoms with Gasteiger partial charge in [0.15, 0.2) is 11.5 Å². The molecule has 128 valence electrons. The predicted molar refractivity (Wildman–Crippen MR) is 88.9 cm³/mol. The summed E-state index contributed by atoms with van der Waals surface area (Å²) in [6.07, 6.45) is 7.90. The fourth-order valence-electron chi connectivity index (χ4n) is 5.78. The maximum absolute atomic E-state index is 11.4. The van der Waals surface area contributed by atoms with Crippen molar-refractivity contribution in [1.29, 1.82) is 0 Å². The zero-order valence-electron chi connectivity index (χ0n) is 14.3. The second-order valence-corrected chi connectivity index (χ2v) is 8.05. The van der Waals surface area contributed by atoms with E-state index in [-0.39, 0.29) is 5.41 Å². The average Bonchev–Trinajstić information content (AvgIpc) is 2.46. The van der Waals surface area contributed by atoms with Gasteiger partial charge in [0, 0.05) is 13.8 Å². The Morgan fingerprint density at radius 3 is 1.88 bits per heavy atom. The van der Waals surface area contributed by atoms with Crippen molar-refractivity contribution in [2.24, 2.45) is 17.8 Å². The molecule has 4 saturated carbocycles. The van der Waals surface area contributed by atoms with E-state index in [1.165, 1.54) is 57.9 Å². The van der Waals surface area contributed by atoms with E-state index < -0.39 is 11.9 Å². The molecule has 4 aliphatic rings. The quantitative estimate of drug-likeness (QED) is 0.621. The van der Waals surface area contributed by atoms with Crippen molar-refractivity contribution in [3.05, 3.63) is 23.8 Å². The van der Waals surface area contributed by atoms with Crippen molar-refractivity contribution in [2.75, 3.05) is 0 Å². The van der Waals surface area contributed by atoms with Gasteiger partial charge in [-0.05, 0) is 79.4 Å². The second kappa shape index (κ2) is 5.61. The van der Waals surface area contributed by atoms with E-state index in [0.29, 0.717) is 11.5 Å². The molecule has 4 bridgehead atoms. The summed E-state index contributed by atoms with van der Waals surface area (Å²) in [5.41, 5.74) is 1.46. The average molecular weight is 328 g/mol. The van der Waals surface area contributed by atoms with Crippen LogP contribution in [0, 0.1) is 17.8 Å². The third-order valence-electron chi connectivity index (χ3n) is 6.10. The van der Waals surface area contributed by atoms with E-state index in [4.69, 9.17) is 9.47 Å². The van der Waals surface area contributed by atoms with Crippen LogP contribution in [0.3, 0.4) is 0 Å². The minimum absolute atomic E-state index is 0.221. The van der Waals surface area contributed by atoms with E-state index in [0.717, 1.165) is 17.8 Å². The Kier molecular flexibility index (Phi) is 3.66. The molecule has 0 radical (unpaired) electrons. The van der Waals surface area contributed by atoms with Crippen molar-refractivity contribution in [1.82, 2.24) is 0 Å². The van der Waals surface area contributed by atoms with Gasteiger partial charge in [0.25, 0.3) is 0 Å². The minimum atomic E-state index is -0.411. The molecule has 4 heteroatoms. The summed E-state index contributed by atoms with van der Waals surface area (Å²) in [6, 6.07) is 5.79. The maximum atomic E-state index is 11.4. The second-order valence-electron chi connectivity index (χ2n) is 8.05. The normalized spacial score (nSPS) is 33.3. The summed E-state index contributed by atoms with van der Waals surface area (Å²) in [6.45, 7) is 2.72. The Bertz CT molecular complexity index is 656. The number of rotatable bonds is 3. The van der Waals surface area contributed by atoms with E-state index in [1.54, 1.807) is 6.07 Å². The van der Waals surface area contributed by atoms with Crippen LogP contribution in [0.15, 0.2) is 18.2 Å². The number of esters is 2. The molecule has 4 fully saturated rings. The van der Waals surface area contributed by atoms with Gasteiger partial charge in [-0.3, -0.25) is 9.59 Å². The van der Waals surface area contributed by atoms with Crippen molar-refractivity contribution in [2.45, 2.75) is 57.8 Å². The van der Waals surface area contributed by atoms with Gasteiger partial charge in [-0.2, -0.15) is 0 Å². The Morgan fingerprint density at radius 1 is 0.875 bits per heavy atom. The van der Waals surface area contributed by atoms with Gasteiger partial charge < -0.3 is 9.47 Å². The molecular formula is C20H24O4. The highest BCUT2D eigenvalue weighted by Crippen LogP contribution is 2.61. The Balaban J connectivity index is 1.70. The number of carbonyl (C=O) groups is 2. The largest absolute Gasteiger partial charge is 0.423 e. The molecular weight excluding hydrogens is 304 g/mol. The van der Waals surface area contributed by atoms with Gasteiger partial charge in [-0.25, -0.2) is 0 Å². The third-order valence-corrected chi connectivity index (χ3v) is 6.10. The summed E-state index contributed by atoms with van der Waals surface area (Å²) in [5, 5.41) is 0. The molecule has 0 aromatic heterocycles. The van der Waals surface area contributed by atoms with Crippen molar-refractivity contribution >= 4 is 11.9 Å². The fraction of sp³-hybridized carbons (Fsp3) is 0.600. The van der Waals surface area contributed by atoms with Crippen LogP contribution in [0.2, 0.25) is 0 Å². The summed E-state index contributed by atoms with van der Waals surface area (Å²) in [5.74, 6) is 2.43. The Morgan fingerprint density at radius 2 is 1.38 bits per heavy atom. The Hall–Kier alpha value is -1.84. The molecule has 0 unspecified atom stereocenters. The molecule has 1 aromatic carbocycles. The topological polar surface area (TPSA) is 52.6 Å². The maximum Gasteiger partial charge on any atom is 0.308 e. The summed E-state index contributed by atoms with van der Waals surface area (Å²) in [7, 11) is 0. The first-order chi connectivity index (χ1) is 11.4. The van der Waals surface area contributed by atoms with Gasteiger partial charge in [0.1, 0.15) is 0 Å². The number of hydrogen-bond acceptors (Lipinski definition) is 4. The highest BCUT2D eigenvalue weighted by Gasteiger charge is 2.51. The fourth-order valence-corrected chi connectivity index (χ4v) is 5.78. The molecule has 24 heavy (non-hydrogen) atoms. The van der Waals surface area contributed by atoms with Crippen LogP contribution in [0.5, 0.6) is 11.5 Å². The lowest BCUT2D eigenvalue weighted by molar-refractivity contribution is -0.134. The lowest BCUT2D eigenvalue weighted by Crippen LogP contribution is -2.48. The van der Waals surface area contributed by atoms with E-state index in [2.05, 4.69) is 6.07 Å². The minimum Gasteiger partial charge on any atom is -0.423 e. The first-order valence-corrected chi connectivity index (χ1v) is 8.95. The first kappa shape index (κ1) is 15.7. The van der Waals surface area contributed by atoms with Gasteiger partial charge >= 0.3 is 11.9 Å². The highest BCUT2D eigenvalue weighted by molar-refractivity contribution is 5.73. The van der Waals surface area contributed by atoms with Gasteiger partial charge in [0.05, 0.1) is 0 Å². The molecule has 4 nitrogen and oxygen atoms in total. The lowest BCUT2D eigenvalue weighted by atomic mass is 9.48. The van der Waals surface area contributed by atoms with Crippen LogP contribution in [0.4, 0.5) is 0 Å². The van der Waals surface area contributed by atoms with Crippen LogP contribution < -0.4 is 9.47 Å². The highest BCUT2D eigenvalue weighted by atomic mass is 16.6. The van der Waals surface area contributed by atoms with Crippen LogP contribution >= 0.6 is 0 Å². The van der Waals surface area contributed by atoms with Crippen molar-refractivity contribution in [3.8, 4) is 11.5 Å². The Labute approximate surface area is 142 Å². The number of carbonyl (C=O) groups excluding carboxylic acids is 2. The van der Waals surface area contributed by atoms with Gasteiger partial charge in [0.2, 0.25) is 0 Å². The predicted octanol–water partition coefficient (Wildman–Crippen LogP) is 4.01. The van der Waals surface area contributed by atoms with Crippen LogP contribution in [0.1, 0.15) is 57.9 Å². The molecule has 0 saturated heterocycles. The molecule has 1 aromatic rings. The molecule has 0 N–H and O–H groups in total. The molecule has 0 amide bonds. The van der Waals surface area contributed by atoms with E-state index >= 15 is 0 Å². The molecule has 0 aliphatic heterocycles. The van der Waals surface area contributed by atoms with Crippen molar-refractivity contribution in [3.63, 3.8) is 0 Å². The van der Waals surface area contributed by atoms with Gasteiger partial charge in [-0.15, -0.1) is 0 Å². The van der Waals surface area contributed by atoms with Gasteiger partial charge in [-0.1, -0.05) is 6.07 Å². The van der Waals surface area contributed by atoms with E-state index in [9.17, 15) is 9.59 Å². The number of hydrogen-bond donors (Lipinski definition) is 0. The summed E-state index contributed by atoms with van der Waals surface area (Å²) in [4.78, 5) is 22.7. The smallest absolute Gasteiger partial charge is 0.308 e. The molecule has 0 atom stereocenters.